The molecule has 3 rings (SSSR count). The number of hydrogen-bond acceptors (Lipinski definition) is 2. The Balaban J connectivity index is 1.89. The van der Waals surface area contributed by atoms with Crippen molar-refractivity contribution >= 4 is 0 Å². The fourth-order valence-electron chi connectivity index (χ4n) is 2.58. The molecule has 2 nitrogen and oxygen atoms in total. The summed E-state index contributed by atoms with van der Waals surface area (Å²) >= 11 is 0. The first kappa shape index (κ1) is 7.34. The lowest BCUT2D eigenvalue weighted by molar-refractivity contribution is -0.0683. The maximum Gasteiger partial charge on any atom is 0.118 e. The fourth-order valence-corrected chi connectivity index (χ4v) is 2.58. The largest absolute Gasteiger partial charge is 0.386 e. The molecule has 1 aliphatic heterocycles. The third-order valence-corrected chi connectivity index (χ3v) is 3.82. The number of ether oxygens (including phenoxy) is 1. The second-order valence-electron chi connectivity index (χ2n) is 4.89. The van der Waals surface area contributed by atoms with E-state index in [4.69, 9.17) is 4.74 Å². The molecule has 0 aromatic rings. The van der Waals surface area contributed by atoms with Crippen molar-refractivity contribution in [2.75, 3.05) is 6.61 Å². The molecular weight excluding hydrogens is 152 g/mol. The summed E-state index contributed by atoms with van der Waals surface area (Å²) in [6.07, 6.45) is 4.86. The van der Waals surface area contributed by atoms with Crippen molar-refractivity contribution in [1.29, 1.82) is 0 Å². The van der Waals surface area contributed by atoms with Crippen LogP contribution in [0.3, 0.4) is 0 Å². The lowest BCUT2D eigenvalue weighted by Crippen LogP contribution is -2.48. The van der Waals surface area contributed by atoms with Crippen LogP contribution >= 0.6 is 0 Å². The number of epoxide rings is 1. The SMILES string of the molecule is CC1(C(O)(C2CC2)C2CC2)CO1. The van der Waals surface area contributed by atoms with Gasteiger partial charge in [0.25, 0.3) is 0 Å². The first-order chi connectivity index (χ1) is 5.67. The third-order valence-electron chi connectivity index (χ3n) is 3.82. The maximum atomic E-state index is 10.6. The summed E-state index contributed by atoms with van der Waals surface area (Å²) in [5, 5.41) is 10.6. The van der Waals surface area contributed by atoms with Crippen molar-refractivity contribution in [2.24, 2.45) is 11.8 Å². The minimum atomic E-state index is -0.451. The first-order valence-electron chi connectivity index (χ1n) is 5.03. The van der Waals surface area contributed by atoms with Crippen molar-refractivity contribution in [3.63, 3.8) is 0 Å². The molecule has 1 unspecified atom stereocenters. The van der Waals surface area contributed by atoms with E-state index in [9.17, 15) is 5.11 Å². The Labute approximate surface area is 72.9 Å². The average molecular weight is 168 g/mol. The van der Waals surface area contributed by atoms with E-state index in [-0.39, 0.29) is 5.60 Å². The lowest BCUT2D eigenvalue weighted by atomic mass is 9.80. The van der Waals surface area contributed by atoms with E-state index in [1.54, 1.807) is 0 Å². The summed E-state index contributed by atoms with van der Waals surface area (Å²) in [6, 6.07) is 0. The van der Waals surface area contributed by atoms with Crippen molar-refractivity contribution in [2.45, 2.75) is 43.8 Å². The maximum absolute atomic E-state index is 10.6. The van der Waals surface area contributed by atoms with Gasteiger partial charge in [0.1, 0.15) is 11.2 Å². The van der Waals surface area contributed by atoms with Gasteiger partial charge in [-0.1, -0.05) is 0 Å². The van der Waals surface area contributed by atoms with Crippen molar-refractivity contribution < 1.29 is 9.84 Å². The summed E-state index contributed by atoms with van der Waals surface area (Å²) in [5.74, 6) is 1.11. The molecule has 2 heteroatoms. The van der Waals surface area contributed by atoms with E-state index in [1.165, 1.54) is 25.7 Å². The molecule has 3 aliphatic rings. The molecule has 1 saturated heterocycles. The Morgan fingerprint density at radius 3 is 1.92 bits per heavy atom. The molecule has 0 aromatic carbocycles. The summed E-state index contributed by atoms with van der Waals surface area (Å²) in [6.45, 7) is 2.85. The van der Waals surface area contributed by atoms with Crippen LogP contribution in [0.4, 0.5) is 0 Å². The predicted octanol–water partition coefficient (Wildman–Crippen LogP) is 1.33. The van der Waals surface area contributed by atoms with Gasteiger partial charge in [0, 0.05) is 0 Å². The van der Waals surface area contributed by atoms with Gasteiger partial charge < -0.3 is 9.84 Å². The number of aliphatic hydroxyl groups is 1. The smallest absolute Gasteiger partial charge is 0.118 e. The van der Waals surface area contributed by atoms with E-state index in [1.807, 2.05) is 0 Å². The van der Waals surface area contributed by atoms with E-state index in [2.05, 4.69) is 6.92 Å². The summed E-state index contributed by atoms with van der Waals surface area (Å²) in [7, 11) is 0. The van der Waals surface area contributed by atoms with E-state index < -0.39 is 5.60 Å². The quantitative estimate of drug-likeness (QED) is 0.645. The highest BCUT2D eigenvalue weighted by atomic mass is 16.6. The van der Waals surface area contributed by atoms with E-state index >= 15 is 0 Å². The molecule has 1 heterocycles. The van der Waals surface area contributed by atoms with Gasteiger partial charge >= 0.3 is 0 Å². The second-order valence-corrected chi connectivity index (χ2v) is 4.89. The normalized spacial score (nSPS) is 41.5. The average Bonchev–Trinajstić information content (AvgIpc) is 2.86. The van der Waals surface area contributed by atoms with Crippen molar-refractivity contribution in [3.8, 4) is 0 Å². The highest BCUT2D eigenvalue weighted by Crippen LogP contribution is 2.60. The topological polar surface area (TPSA) is 32.8 Å². The standard InChI is InChI=1S/C10H16O2/c1-9(6-12-9)10(11,7-2-3-7)8-4-5-8/h7-8,11H,2-6H2,1H3. The number of hydrogen-bond donors (Lipinski definition) is 1. The Hall–Kier alpha value is -0.0800. The monoisotopic (exact) mass is 168 g/mol. The molecule has 68 valence electrons. The van der Waals surface area contributed by atoms with Crippen LogP contribution in [0.25, 0.3) is 0 Å². The first-order valence-corrected chi connectivity index (χ1v) is 5.03. The molecule has 0 amide bonds. The van der Waals surface area contributed by atoms with Crippen LogP contribution in [-0.2, 0) is 4.74 Å². The van der Waals surface area contributed by atoms with Crippen LogP contribution in [-0.4, -0.2) is 22.9 Å². The Kier molecular flexibility index (Phi) is 1.15. The lowest BCUT2D eigenvalue weighted by Gasteiger charge is -2.32. The zero-order valence-corrected chi connectivity index (χ0v) is 7.55. The van der Waals surface area contributed by atoms with Crippen LogP contribution in [0.2, 0.25) is 0 Å². The molecule has 0 radical (unpaired) electrons. The van der Waals surface area contributed by atoms with Gasteiger partial charge in [-0.3, -0.25) is 0 Å². The van der Waals surface area contributed by atoms with Crippen LogP contribution < -0.4 is 0 Å². The van der Waals surface area contributed by atoms with Crippen LogP contribution in [0.15, 0.2) is 0 Å². The van der Waals surface area contributed by atoms with E-state index in [0.29, 0.717) is 11.8 Å². The molecule has 2 saturated carbocycles. The van der Waals surface area contributed by atoms with Gasteiger partial charge in [0.05, 0.1) is 6.61 Å². The summed E-state index contributed by atoms with van der Waals surface area (Å²) in [5.41, 5.74) is -0.623. The van der Waals surface area contributed by atoms with Gasteiger partial charge in [-0.05, 0) is 44.4 Å². The van der Waals surface area contributed by atoms with Gasteiger partial charge in [0.2, 0.25) is 0 Å². The van der Waals surface area contributed by atoms with Crippen LogP contribution in [0, 0.1) is 11.8 Å². The predicted molar refractivity (Wildman–Crippen MR) is 44.8 cm³/mol. The molecule has 2 aliphatic carbocycles. The highest BCUT2D eigenvalue weighted by molar-refractivity contribution is 5.18. The minimum absolute atomic E-state index is 0.171. The summed E-state index contributed by atoms with van der Waals surface area (Å²) < 4.78 is 5.41. The Morgan fingerprint density at radius 2 is 1.67 bits per heavy atom. The van der Waals surface area contributed by atoms with Gasteiger partial charge in [0.15, 0.2) is 0 Å². The molecule has 0 aromatic heterocycles. The molecular formula is C10H16O2. The van der Waals surface area contributed by atoms with Gasteiger partial charge in [-0.2, -0.15) is 0 Å². The molecule has 1 N–H and O–H groups in total. The molecule has 3 fully saturated rings. The molecule has 12 heavy (non-hydrogen) atoms. The zero-order chi connectivity index (χ0) is 8.40. The van der Waals surface area contributed by atoms with Crippen molar-refractivity contribution in [1.82, 2.24) is 0 Å². The molecule has 0 bridgehead atoms. The fraction of sp³-hybridized carbons (Fsp3) is 1.00. The van der Waals surface area contributed by atoms with E-state index in [0.717, 1.165) is 6.61 Å². The van der Waals surface area contributed by atoms with Crippen LogP contribution in [0.5, 0.6) is 0 Å². The Bertz CT molecular complexity index is 200. The van der Waals surface area contributed by atoms with Crippen molar-refractivity contribution in [3.05, 3.63) is 0 Å². The highest BCUT2D eigenvalue weighted by Gasteiger charge is 2.68. The second kappa shape index (κ2) is 1.88. The van der Waals surface area contributed by atoms with Crippen LogP contribution in [0.1, 0.15) is 32.6 Å². The minimum Gasteiger partial charge on any atom is -0.386 e. The zero-order valence-electron chi connectivity index (χ0n) is 7.55. The Morgan fingerprint density at radius 1 is 1.25 bits per heavy atom. The van der Waals surface area contributed by atoms with Gasteiger partial charge in [-0.25, -0.2) is 0 Å². The number of rotatable bonds is 3. The summed E-state index contributed by atoms with van der Waals surface area (Å²) in [4.78, 5) is 0. The molecule has 1 atom stereocenters. The van der Waals surface area contributed by atoms with Gasteiger partial charge in [-0.15, -0.1) is 0 Å². The third kappa shape index (κ3) is 0.775. The molecule has 0 spiro atoms.